The fraction of sp³-hybridized carbons (Fsp3) is 0.778. The van der Waals surface area contributed by atoms with E-state index in [9.17, 15) is 0 Å². The Labute approximate surface area is 98.7 Å². The molecule has 0 amide bonds. The molecule has 0 radical (unpaired) electrons. The van der Waals surface area contributed by atoms with Gasteiger partial charge in [0, 0.05) is 20.3 Å². The highest BCUT2D eigenvalue weighted by Crippen LogP contribution is 2.11. The predicted octanol–water partition coefficient (Wildman–Crippen LogP) is 0.690. The van der Waals surface area contributed by atoms with Crippen molar-refractivity contribution < 1.29 is 14.2 Å². The quantitative estimate of drug-likeness (QED) is 0.647. The van der Waals surface area contributed by atoms with Crippen molar-refractivity contribution in [2.24, 2.45) is 0 Å². The second-order valence-corrected chi connectivity index (χ2v) is 4.14. The SMILES string of the molecule is COCCOCCCOCc1nnc(N)s1. The molecule has 92 valence electrons. The topological polar surface area (TPSA) is 79.5 Å². The van der Waals surface area contributed by atoms with Gasteiger partial charge < -0.3 is 19.9 Å². The smallest absolute Gasteiger partial charge is 0.203 e. The molecule has 1 aromatic rings. The number of hydrogen-bond donors (Lipinski definition) is 1. The minimum Gasteiger partial charge on any atom is -0.382 e. The first-order valence-electron chi connectivity index (χ1n) is 5.05. The average Bonchev–Trinajstić information content (AvgIpc) is 2.68. The van der Waals surface area contributed by atoms with Crippen molar-refractivity contribution in [3.8, 4) is 0 Å². The standard InChI is InChI=1S/C9H17N3O3S/c1-13-5-6-14-3-2-4-15-7-8-11-12-9(10)16-8/h2-7H2,1H3,(H2,10,12). The summed E-state index contributed by atoms with van der Waals surface area (Å²) in [7, 11) is 1.65. The van der Waals surface area contributed by atoms with E-state index in [-0.39, 0.29) is 0 Å². The number of methoxy groups -OCH3 is 1. The Balaban J connectivity index is 1.88. The summed E-state index contributed by atoms with van der Waals surface area (Å²) in [5.41, 5.74) is 5.43. The number of ether oxygens (including phenoxy) is 3. The van der Waals surface area contributed by atoms with Crippen molar-refractivity contribution in [3.05, 3.63) is 5.01 Å². The molecule has 0 saturated carbocycles. The fourth-order valence-electron chi connectivity index (χ4n) is 0.992. The third kappa shape index (κ3) is 5.96. The van der Waals surface area contributed by atoms with Crippen LogP contribution in [0, 0.1) is 0 Å². The molecule has 0 fully saturated rings. The molecule has 0 bridgehead atoms. The molecule has 0 spiro atoms. The molecule has 1 heterocycles. The van der Waals surface area contributed by atoms with Crippen molar-refractivity contribution in [2.45, 2.75) is 13.0 Å². The van der Waals surface area contributed by atoms with Gasteiger partial charge in [-0.05, 0) is 6.42 Å². The van der Waals surface area contributed by atoms with Crippen LogP contribution in [-0.2, 0) is 20.8 Å². The van der Waals surface area contributed by atoms with E-state index in [1.54, 1.807) is 7.11 Å². The molecular weight excluding hydrogens is 230 g/mol. The highest BCUT2D eigenvalue weighted by Gasteiger charge is 2.00. The molecule has 0 saturated heterocycles. The van der Waals surface area contributed by atoms with Crippen LogP contribution in [0.3, 0.4) is 0 Å². The molecule has 0 aromatic carbocycles. The minimum atomic E-state index is 0.465. The molecule has 7 heteroatoms. The number of nitrogens with two attached hydrogens (primary N) is 1. The van der Waals surface area contributed by atoms with Gasteiger partial charge in [-0.3, -0.25) is 0 Å². The van der Waals surface area contributed by atoms with Crippen molar-refractivity contribution in [3.63, 3.8) is 0 Å². The van der Waals surface area contributed by atoms with E-state index in [2.05, 4.69) is 10.2 Å². The van der Waals surface area contributed by atoms with Crippen LogP contribution in [0.25, 0.3) is 0 Å². The summed E-state index contributed by atoms with van der Waals surface area (Å²) in [5.74, 6) is 0. The first kappa shape index (κ1) is 13.3. The summed E-state index contributed by atoms with van der Waals surface area (Å²) in [6, 6.07) is 0. The Morgan fingerprint density at radius 3 is 2.62 bits per heavy atom. The van der Waals surface area contributed by atoms with Crippen molar-refractivity contribution in [2.75, 3.05) is 39.3 Å². The first-order chi connectivity index (χ1) is 7.83. The lowest BCUT2D eigenvalue weighted by Gasteiger charge is -2.03. The van der Waals surface area contributed by atoms with E-state index in [1.807, 2.05) is 0 Å². The predicted molar refractivity (Wildman–Crippen MR) is 61.3 cm³/mol. The normalized spacial score (nSPS) is 10.8. The molecular formula is C9H17N3O3S. The summed E-state index contributed by atoms with van der Waals surface area (Å²) in [5, 5.41) is 8.82. The molecule has 0 atom stereocenters. The van der Waals surface area contributed by atoms with E-state index in [0.717, 1.165) is 11.4 Å². The lowest BCUT2D eigenvalue weighted by Crippen LogP contribution is -2.05. The highest BCUT2D eigenvalue weighted by molar-refractivity contribution is 7.15. The number of rotatable bonds is 9. The third-order valence-corrected chi connectivity index (χ3v) is 2.44. The number of aromatic nitrogens is 2. The maximum Gasteiger partial charge on any atom is 0.203 e. The maximum atomic E-state index is 5.43. The second kappa shape index (κ2) is 8.40. The van der Waals surface area contributed by atoms with Crippen molar-refractivity contribution >= 4 is 16.5 Å². The Morgan fingerprint density at radius 2 is 1.94 bits per heavy atom. The summed E-state index contributed by atoms with van der Waals surface area (Å²) in [4.78, 5) is 0. The van der Waals surface area contributed by atoms with Crippen LogP contribution in [0.4, 0.5) is 5.13 Å². The molecule has 0 aliphatic heterocycles. The number of hydrogen-bond acceptors (Lipinski definition) is 7. The molecule has 16 heavy (non-hydrogen) atoms. The molecule has 6 nitrogen and oxygen atoms in total. The van der Waals surface area contributed by atoms with E-state index >= 15 is 0 Å². The van der Waals surface area contributed by atoms with Gasteiger partial charge in [0.15, 0.2) is 0 Å². The van der Waals surface area contributed by atoms with Crippen molar-refractivity contribution in [1.29, 1.82) is 0 Å². The third-order valence-electron chi connectivity index (χ3n) is 1.72. The molecule has 0 unspecified atom stereocenters. The van der Waals surface area contributed by atoms with Crippen LogP contribution in [0.2, 0.25) is 0 Å². The molecule has 2 N–H and O–H groups in total. The Bertz CT molecular complexity index is 283. The van der Waals surface area contributed by atoms with Gasteiger partial charge in [-0.1, -0.05) is 11.3 Å². The Hall–Kier alpha value is -0.760. The average molecular weight is 247 g/mol. The van der Waals surface area contributed by atoms with Crippen LogP contribution in [0.1, 0.15) is 11.4 Å². The van der Waals surface area contributed by atoms with E-state index < -0.39 is 0 Å². The van der Waals surface area contributed by atoms with Gasteiger partial charge in [-0.15, -0.1) is 10.2 Å². The van der Waals surface area contributed by atoms with Crippen LogP contribution >= 0.6 is 11.3 Å². The molecule has 0 aliphatic carbocycles. The maximum absolute atomic E-state index is 5.43. The second-order valence-electron chi connectivity index (χ2n) is 3.05. The highest BCUT2D eigenvalue weighted by atomic mass is 32.1. The minimum absolute atomic E-state index is 0.465. The van der Waals surface area contributed by atoms with Crippen LogP contribution < -0.4 is 5.73 Å². The number of nitrogen functional groups attached to an aromatic ring is 1. The van der Waals surface area contributed by atoms with Crippen LogP contribution in [0.15, 0.2) is 0 Å². The van der Waals surface area contributed by atoms with Crippen LogP contribution in [-0.4, -0.2) is 43.7 Å². The van der Waals surface area contributed by atoms with Gasteiger partial charge in [-0.25, -0.2) is 0 Å². The number of anilines is 1. The summed E-state index contributed by atoms with van der Waals surface area (Å²) >= 11 is 1.35. The van der Waals surface area contributed by atoms with E-state index in [0.29, 0.717) is 38.2 Å². The molecule has 0 aliphatic rings. The fourth-order valence-corrected chi connectivity index (χ4v) is 1.54. The lowest BCUT2D eigenvalue weighted by molar-refractivity contribution is 0.0482. The number of nitrogens with zero attached hydrogens (tertiary/aromatic N) is 2. The monoisotopic (exact) mass is 247 g/mol. The Kier molecular flexibility index (Phi) is 6.98. The molecule has 1 aromatic heterocycles. The van der Waals surface area contributed by atoms with Gasteiger partial charge in [-0.2, -0.15) is 0 Å². The summed E-state index contributed by atoms with van der Waals surface area (Å²) < 4.78 is 15.5. The zero-order valence-corrected chi connectivity index (χ0v) is 10.2. The van der Waals surface area contributed by atoms with Crippen molar-refractivity contribution in [1.82, 2.24) is 10.2 Å². The zero-order chi connectivity index (χ0) is 11.6. The molecule has 1 rings (SSSR count). The van der Waals surface area contributed by atoms with Gasteiger partial charge in [0.2, 0.25) is 5.13 Å². The van der Waals surface area contributed by atoms with E-state index in [4.69, 9.17) is 19.9 Å². The van der Waals surface area contributed by atoms with Gasteiger partial charge in [0.1, 0.15) is 11.6 Å². The van der Waals surface area contributed by atoms with Crippen LogP contribution in [0.5, 0.6) is 0 Å². The van der Waals surface area contributed by atoms with Gasteiger partial charge in [0.25, 0.3) is 0 Å². The van der Waals surface area contributed by atoms with E-state index in [1.165, 1.54) is 11.3 Å². The largest absolute Gasteiger partial charge is 0.382 e. The first-order valence-corrected chi connectivity index (χ1v) is 5.87. The van der Waals surface area contributed by atoms with Gasteiger partial charge >= 0.3 is 0 Å². The summed E-state index contributed by atoms with van der Waals surface area (Å²) in [6.45, 7) is 3.05. The Morgan fingerprint density at radius 1 is 1.12 bits per heavy atom. The van der Waals surface area contributed by atoms with Gasteiger partial charge in [0.05, 0.1) is 13.2 Å². The summed E-state index contributed by atoms with van der Waals surface area (Å²) in [6.07, 6.45) is 0.859. The zero-order valence-electron chi connectivity index (χ0n) is 9.35. The lowest BCUT2D eigenvalue weighted by atomic mass is 10.5.